The lowest BCUT2D eigenvalue weighted by atomic mass is 9.91. The number of carbonyl (C=O) groups is 1. The lowest BCUT2D eigenvalue weighted by molar-refractivity contribution is -0.157. The van der Waals surface area contributed by atoms with Crippen molar-refractivity contribution in [2.45, 2.75) is 51.6 Å². The summed E-state index contributed by atoms with van der Waals surface area (Å²) in [5.41, 5.74) is 0.560. The van der Waals surface area contributed by atoms with Crippen molar-refractivity contribution in [3.63, 3.8) is 0 Å². The van der Waals surface area contributed by atoms with Crippen LogP contribution in [0.15, 0.2) is 12.2 Å². The molecule has 2 aliphatic rings. The van der Waals surface area contributed by atoms with Crippen molar-refractivity contribution in [3.8, 4) is 0 Å². The molecule has 0 aromatic rings. The summed E-state index contributed by atoms with van der Waals surface area (Å²) >= 11 is 0. The van der Waals surface area contributed by atoms with Gasteiger partial charge in [-0.2, -0.15) is 0 Å². The molecule has 0 bridgehead atoms. The van der Waals surface area contributed by atoms with E-state index in [-0.39, 0.29) is 11.9 Å². The molecule has 2 rings (SSSR count). The van der Waals surface area contributed by atoms with Crippen LogP contribution in [0.2, 0.25) is 0 Å². The van der Waals surface area contributed by atoms with Crippen molar-refractivity contribution in [1.82, 2.24) is 0 Å². The van der Waals surface area contributed by atoms with E-state index >= 15 is 0 Å². The molecule has 1 atom stereocenters. The van der Waals surface area contributed by atoms with E-state index in [9.17, 15) is 4.79 Å². The first-order valence-electron chi connectivity index (χ1n) is 5.90. The summed E-state index contributed by atoms with van der Waals surface area (Å²) in [4.78, 5) is 11.7. The Kier molecular flexibility index (Phi) is 2.61. The van der Waals surface area contributed by atoms with Gasteiger partial charge in [-0.3, -0.25) is 4.79 Å². The zero-order chi connectivity index (χ0) is 11.1. The summed E-state index contributed by atoms with van der Waals surface area (Å²) in [7, 11) is 0. The molecule has 0 aliphatic heterocycles. The Bertz CT molecular complexity index is 287. The SMILES string of the molecule is C=C(C)[C@](C)(CC1CC1)OC(=O)C1CC1. The minimum atomic E-state index is -0.416. The zero-order valence-corrected chi connectivity index (χ0v) is 9.71. The summed E-state index contributed by atoms with van der Waals surface area (Å²) in [6, 6.07) is 0. The summed E-state index contributed by atoms with van der Waals surface area (Å²) < 4.78 is 5.64. The first kappa shape index (κ1) is 10.7. The topological polar surface area (TPSA) is 26.3 Å². The predicted octanol–water partition coefficient (Wildman–Crippen LogP) is 3.07. The highest BCUT2D eigenvalue weighted by molar-refractivity contribution is 5.75. The lowest BCUT2D eigenvalue weighted by Crippen LogP contribution is -2.34. The number of ether oxygens (including phenoxy) is 1. The van der Waals surface area contributed by atoms with Crippen LogP contribution in [0.3, 0.4) is 0 Å². The van der Waals surface area contributed by atoms with Gasteiger partial charge in [0.2, 0.25) is 0 Å². The molecule has 2 nitrogen and oxygen atoms in total. The Morgan fingerprint density at radius 1 is 1.40 bits per heavy atom. The monoisotopic (exact) mass is 208 g/mol. The standard InChI is InChI=1S/C13H20O2/c1-9(2)13(3,8-10-4-5-10)15-12(14)11-6-7-11/h10-11H,1,4-8H2,2-3H3/t13-/m0/s1. The summed E-state index contributed by atoms with van der Waals surface area (Å²) in [6.45, 7) is 7.93. The molecule has 2 heteroatoms. The Labute approximate surface area is 91.7 Å². The van der Waals surface area contributed by atoms with E-state index in [0.717, 1.165) is 30.8 Å². The molecular weight excluding hydrogens is 188 g/mol. The van der Waals surface area contributed by atoms with Crippen molar-refractivity contribution in [3.05, 3.63) is 12.2 Å². The maximum Gasteiger partial charge on any atom is 0.309 e. The molecule has 0 radical (unpaired) electrons. The molecule has 0 N–H and O–H groups in total. The van der Waals surface area contributed by atoms with Gasteiger partial charge in [-0.25, -0.2) is 0 Å². The second kappa shape index (κ2) is 3.66. The molecule has 0 amide bonds. The fraction of sp³-hybridized carbons (Fsp3) is 0.769. The highest BCUT2D eigenvalue weighted by atomic mass is 16.6. The van der Waals surface area contributed by atoms with Gasteiger partial charge in [-0.1, -0.05) is 19.4 Å². The molecule has 2 fully saturated rings. The maximum absolute atomic E-state index is 11.7. The van der Waals surface area contributed by atoms with Gasteiger partial charge in [0.25, 0.3) is 0 Å². The molecule has 2 aliphatic carbocycles. The predicted molar refractivity (Wildman–Crippen MR) is 59.4 cm³/mol. The van der Waals surface area contributed by atoms with E-state index < -0.39 is 5.60 Å². The number of rotatable bonds is 5. The second-order valence-electron chi connectivity index (χ2n) is 5.35. The third kappa shape index (κ3) is 2.61. The molecule has 0 unspecified atom stereocenters. The maximum atomic E-state index is 11.7. The van der Waals surface area contributed by atoms with Crippen LogP contribution in [0.25, 0.3) is 0 Å². The van der Waals surface area contributed by atoms with Gasteiger partial charge in [0.15, 0.2) is 0 Å². The largest absolute Gasteiger partial charge is 0.455 e. The Hall–Kier alpha value is -0.790. The van der Waals surface area contributed by atoms with Crippen molar-refractivity contribution >= 4 is 5.97 Å². The third-order valence-corrected chi connectivity index (χ3v) is 3.51. The van der Waals surface area contributed by atoms with Crippen molar-refractivity contribution in [1.29, 1.82) is 0 Å². The molecule has 0 heterocycles. The highest BCUT2D eigenvalue weighted by Gasteiger charge is 2.40. The van der Waals surface area contributed by atoms with Crippen LogP contribution in [0.1, 0.15) is 46.0 Å². The number of hydrogen-bond donors (Lipinski definition) is 0. The summed E-state index contributed by atoms with van der Waals surface area (Å²) in [5, 5.41) is 0. The molecule has 0 aromatic carbocycles. The smallest absolute Gasteiger partial charge is 0.309 e. The van der Waals surface area contributed by atoms with E-state index in [0.29, 0.717) is 0 Å². The quantitative estimate of drug-likeness (QED) is 0.512. The molecule has 0 spiro atoms. The van der Waals surface area contributed by atoms with Gasteiger partial charge in [0, 0.05) is 0 Å². The van der Waals surface area contributed by atoms with Crippen LogP contribution < -0.4 is 0 Å². The number of hydrogen-bond acceptors (Lipinski definition) is 2. The van der Waals surface area contributed by atoms with Gasteiger partial charge in [0.05, 0.1) is 5.92 Å². The first-order chi connectivity index (χ1) is 7.01. The van der Waals surface area contributed by atoms with Crippen LogP contribution in [0, 0.1) is 11.8 Å². The van der Waals surface area contributed by atoms with Gasteiger partial charge in [0.1, 0.15) is 5.60 Å². The molecule has 84 valence electrons. The van der Waals surface area contributed by atoms with Crippen molar-refractivity contribution in [2.75, 3.05) is 0 Å². The van der Waals surface area contributed by atoms with E-state index in [1.165, 1.54) is 12.8 Å². The van der Waals surface area contributed by atoms with Gasteiger partial charge in [-0.05, 0) is 44.6 Å². The van der Waals surface area contributed by atoms with E-state index in [1.807, 2.05) is 13.8 Å². The lowest BCUT2D eigenvalue weighted by Gasteiger charge is -2.30. The fourth-order valence-corrected chi connectivity index (χ4v) is 1.80. The average Bonchev–Trinajstić information content (AvgIpc) is 2.99. The van der Waals surface area contributed by atoms with Crippen molar-refractivity contribution in [2.24, 2.45) is 11.8 Å². The van der Waals surface area contributed by atoms with E-state index in [4.69, 9.17) is 4.74 Å². The van der Waals surface area contributed by atoms with Crippen LogP contribution in [-0.2, 0) is 9.53 Å². The van der Waals surface area contributed by atoms with Crippen LogP contribution in [0.4, 0.5) is 0 Å². The van der Waals surface area contributed by atoms with Gasteiger partial charge < -0.3 is 4.74 Å². The summed E-state index contributed by atoms with van der Waals surface area (Å²) in [5.74, 6) is 0.919. The number of carbonyl (C=O) groups excluding carboxylic acids is 1. The average molecular weight is 208 g/mol. The minimum absolute atomic E-state index is 0.0128. The first-order valence-corrected chi connectivity index (χ1v) is 5.90. The van der Waals surface area contributed by atoms with Crippen LogP contribution in [-0.4, -0.2) is 11.6 Å². The summed E-state index contributed by atoms with van der Waals surface area (Å²) in [6.07, 6.45) is 5.54. The van der Waals surface area contributed by atoms with Crippen molar-refractivity contribution < 1.29 is 9.53 Å². The molecule has 0 aromatic heterocycles. The van der Waals surface area contributed by atoms with Crippen LogP contribution >= 0.6 is 0 Å². The second-order valence-corrected chi connectivity index (χ2v) is 5.35. The molecule has 2 saturated carbocycles. The normalized spacial score (nSPS) is 24.4. The van der Waals surface area contributed by atoms with Crippen LogP contribution in [0.5, 0.6) is 0 Å². The Morgan fingerprint density at radius 2 is 2.00 bits per heavy atom. The van der Waals surface area contributed by atoms with E-state index in [1.54, 1.807) is 0 Å². The minimum Gasteiger partial charge on any atom is -0.455 e. The molecule has 0 saturated heterocycles. The highest BCUT2D eigenvalue weighted by Crippen LogP contribution is 2.42. The zero-order valence-electron chi connectivity index (χ0n) is 9.71. The van der Waals surface area contributed by atoms with Gasteiger partial charge in [-0.15, -0.1) is 0 Å². The Balaban J connectivity index is 1.96. The Morgan fingerprint density at radius 3 is 2.40 bits per heavy atom. The third-order valence-electron chi connectivity index (χ3n) is 3.51. The van der Waals surface area contributed by atoms with E-state index in [2.05, 4.69) is 6.58 Å². The number of esters is 1. The molecular formula is C13H20O2. The van der Waals surface area contributed by atoms with Gasteiger partial charge >= 0.3 is 5.97 Å². The molecule has 15 heavy (non-hydrogen) atoms. The fourth-order valence-electron chi connectivity index (χ4n) is 1.80.